The number of hydrogen-bond donors (Lipinski definition) is 0. The number of hydrogen-bond acceptors (Lipinski definition) is 1. The van der Waals surface area contributed by atoms with E-state index in [1.54, 1.807) is 0 Å². The van der Waals surface area contributed by atoms with Crippen LogP contribution in [0, 0.1) is 17.8 Å². The highest BCUT2D eigenvalue weighted by Gasteiger charge is 2.47. The van der Waals surface area contributed by atoms with Gasteiger partial charge in [-0.2, -0.15) is 0 Å². The molecule has 1 fully saturated rings. The maximum absolute atomic E-state index is 6.37. The molecule has 4 aromatic rings. The Bertz CT molecular complexity index is 1740. The summed E-state index contributed by atoms with van der Waals surface area (Å²) in [7, 11) is 6.37. The predicted molar refractivity (Wildman–Crippen MR) is 172 cm³/mol. The van der Waals surface area contributed by atoms with Gasteiger partial charge in [0.15, 0.2) is 0 Å². The molecule has 198 valence electrons. The summed E-state index contributed by atoms with van der Waals surface area (Å²) in [5.74, 6) is 2.27. The molecule has 2 radical (unpaired) electrons. The van der Waals surface area contributed by atoms with Crippen LogP contribution in [0.2, 0.25) is 5.82 Å². The number of pyridine rings is 1. The molecule has 0 saturated heterocycles. The lowest BCUT2D eigenvalue weighted by Crippen LogP contribution is -2.24. The Balaban J connectivity index is 1.19. The minimum absolute atomic E-state index is 0.108. The van der Waals surface area contributed by atoms with E-state index in [-0.39, 0.29) is 5.41 Å². The molecule has 41 heavy (non-hydrogen) atoms. The zero-order valence-electron chi connectivity index (χ0n) is 23.8. The third-order valence-electron chi connectivity index (χ3n) is 10.3. The van der Waals surface area contributed by atoms with E-state index >= 15 is 0 Å². The lowest BCUT2D eigenvalue weighted by molar-refractivity contribution is 0.418. The number of allylic oxidation sites excluding steroid dienone is 6. The molecule has 2 heteroatoms. The quantitative estimate of drug-likeness (QED) is 0.190. The third-order valence-corrected chi connectivity index (χ3v) is 10.3. The second kappa shape index (κ2) is 9.31. The minimum atomic E-state index is 0.108. The zero-order chi connectivity index (χ0) is 27.7. The molecule has 3 aromatic carbocycles. The lowest BCUT2D eigenvalue weighted by atomic mass is 9.72. The topological polar surface area (TPSA) is 12.9 Å². The van der Waals surface area contributed by atoms with E-state index in [1.165, 1.54) is 44.7 Å². The molecule has 1 saturated carbocycles. The largest absolute Gasteiger partial charge is 0.252 e. The normalized spacial score (nSPS) is 26.8. The van der Waals surface area contributed by atoms with Crippen LogP contribution in [-0.4, -0.2) is 12.8 Å². The second-order valence-corrected chi connectivity index (χ2v) is 13.0. The van der Waals surface area contributed by atoms with Crippen molar-refractivity contribution in [2.75, 3.05) is 0 Å². The Hall–Kier alpha value is -3.91. The van der Waals surface area contributed by atoms with Gasteiger partial charge in [0.2, 0.25) is 0 Å². The van der Waals surface area contributed by atoms with E-state index in [1.807, 2.05) is 0 Å². The van der Waals surface area contributed by atoms with E-state index < -0.39 is 0 Å². The van der Waals surface area contributed by atoms with Gasteiger partial charge < -0.3 is 0 Å². The van der Waals surface area contributed by atoms with Crippen LogP contribution in [-0.2, 0) is 5.41 Å². The van der Waals surface area contributed by atoms with Crippen LogP contribution in [0.25, 0.3) is 33.5 Å². The Morgan fingerprint density at radius 1 is 0.756 bits per heavy atom. The average molecular weight is 528 g/mol. The molecule has 4 aliphatic rings. The summed E-state index contributed by atoms with van der Waals surface area (Å²) in [6.45, 7) is 4.83. The first-order chi connectivity index (χ1) is 20.0. The summed E-state index contributed by atoms with van der Waals surface area (Å²) in [4.78, 5) is 5.30. The Morgan fingerprint density at radius 3 is 2.29 bits per heavy atom. The first kappa shape index (κ1) is 24.9. The van der Waals surface area contributed by atoms with Crippen molar-refractivity contribution in [1.82, 2.24) is 4.98 Å². The monoisotopic (exact) mass is 527 g/mol. The molecule has 8 rings (SSSR count). The first-order valence-corrected chi connectivity index (χ1v) is 15.1. The van der Waals surface area contributed by atoms with E-state index in [9.17, 15) is 0 Å². The van der Waals surface area contributed by atoms with Crippen molar-refractivity contribution in [2.45, 2.75) is 43.8 Å². The Kier molecular flexibility index (Phi) is 5.65. The van der Waals surface area contributed by atoms with Crippen LogP contribution in [0.1, 0.15) is 55.0 Å². The van der Waals surface area contributed by atoms with E-state index in [2.05, 4.69) is 129 Å². The summed E-state index contributed by atoms with van der Waals surface area (Å²) in [6.07, 6.45) is 11.6. The fraction of sp³-hybridized carbons (Fsp3) is 0.256. The SMILES string of the molecule is [B]C1C2C=CC(c3cc(C4=CC=C5c6ccccc6C(C)(C)C5C4)cc(-c4ccc(-c5ccccc5)cc4)n3)CC12. The summed E-state index contributed by atoms with van der Waals surface area (Å²) < 4.78 is 0. The van der Waals surface area contributed by atoms with Gasteiger partial charge in [0.1, 0.15) is 0 Å². The molecule has 1 heterocycles. The van der Waals surface area contributed by atoms with E-state index in [0.29, 0.717) is 29.5 Å². The fourth-order valence-corrected chi connectivity index (χ4v) is 7.73. The van der Waals surface area contributed by atoms with Crippen molar-refractivity contribution >= 4 is 19.0 Å². The van der Waals surface area contributed by atoms with Gasteiger partial charge in [0, 0.05) is 17.2 Å². The summed E-state index contributed by atoms with van der Waals surface area (Å²) in [5, 5.41) is 0. The van der Waals surface area contributed by atoms with Gasteiger partial charge in [-0.3, -0.25) is 4.98 Å². The van der Waals surface area contributed by atoms with Gasteiger partial charge >= 0.3 is 0 Å². The molecule has 5 atom stereocenters. The molecule has 0 aliphatic heterocycles. The number of rotatable bonds is 4. The van der Waals surface area contributed by atoms with E-state index in [0.717, 1.165) is 24.1 Å². The molecule has 1 nitrogen and oxygen atoms in total. The van der Waals surface area contributed by atoms with Gasteiger partial charge in [-0.15, -0.1) is 0 Å². The smallest absolute Gasteiger partial charge is 0.0711 e. The highest BCUT2D eigenvalue weighted by Crippen LogP contribution is 2.58. The van der Waals surface area contributed by atoms with Crippen molar-refractivity contribution in [3.05, 3.63) is 138 Å². The molecule has 5 unspecified atom stereocenters. The number of benzene rings is 3. The standard InChI is InChI=1S/C39H34BN/c1-39(2)34-11-7-6-10-30(34)31-18-16-27(21-35(31)39)29-22-36(26-14-12-25(13-15-26)24-8-4-3-5-9-24)41-37(23-29)28-17-19-32-33(20-28)38(32)40/h3-19,22-23,28,32-33,35,38H,20-21H2,1-2H3. The minimum Gasteiger partial charge on any atom is -0.252 e. The third kappa shape index (κ3) is 4.11. The van der Waals surface area contributed by atoms with Crippen molar-refractivity contribution in [3.8, 4) is 22.4 Å². The van der Waals surface area contributed by atoms with Gasteiger partial charge in [-0.25, -0.2) is 0 Å². The lowest BCUT2D eigenvalue weighted by Gasteiger charge is -2.32. The molecule has 0 spiro atoms. The predicted octanol–water partition coefficient (Wildman–Crippen LogP) is 9.44. The van der Waals surface area contributed by atoms with Crippen molar-refractivity contribution in [2.24, 2.45) is 17.8 Å². The molecule has 0 amide bonds. The summed E-state index contributed by atoms with van der Waals surface area (Å²) in [5.41, 5.74) is 13.1. The van der Waals surface area contributed by atoms with Crippen LogP contribution in [0.5, 0.6) is 0 Å². The average Bonchev–Trinajstić information content (AvgIpc) is 3.62. The van der Waals surface area contributed by atoms with Crippen LogP contribution < -0.4 is 0 Å². The maximum atomic E-state index is 6.37. The Morgan fingerprint density at radius 2 is 1.49 bits per heavy atom. The maximum Gasteiger partial charge on any atom is 0.0711 e. The number of nitrogens with zero attached hydrogens (tertiary/aromatic N) is 1. The second-order valence-electron chi connectivity index (χ2n) is 13.0. The molecule has 0 N–H and O–H groups in total. The summed E-state index contributed by atoms with van der Waals surface area (Å²) >= 11 is 0. The Labute approximate surface area is 245 Å². The highest BCUT2D eigenvalue weighted by molar-refractivity contribution is 6.14. The van der Waals surface area contributed by atoms with Crippen LogP contribution in [0.15, 0.2) is 115 Å². The number of aromatic nitrogens is 1. The van der Waals surface area contributed by atoms with Crippen LogP contribution >= 0.6 is 0 Å². The molecular weight excluding hydrogens is 493 g/mol. The van der Waals surface area contributed by atoms with Crippen LogP contribution in [0.3, 0.4) is 0 Å². The van der Waals surface area contributed by atoms with Crippen molar-refractivity contribution in [3.63, 3.8) is 0 Å². The van der Waals surface area contributed by atoms with Gasteiger partial charge in [-0.05, 0) is 87.1 Å². The summed E-state index contributed by atoms with van der Waals surface area (Å²) in [6, 6.07) is 33.1. The fourth-order valence-electron chi connectivity index (χ4n) is 7.73. The highest BCUT2D eigenvalue weighted by atomic mass is 14.7. The molecule has 4 aliphatic carbocycles. The first-order valence-electron chi connectivity index (χ1n) is 15.1. The van der Waals surface area contributed by atoms with E-state index in [4.69, 9.17) is 12.8 Å². The van der Waals surface area contributed by atoms with Gasteiger partial charge in [0.05, 0.1) is 13.5 Å². The number of fused-ring (bicyclic) bond motifs is 4. The van der Waals surface area contributed by atoms with Crippen molar-refractivity contribution in [1.29, 1.82) is 0 Å². The van der Waals surface area contributed by atoms with Crippen molar-refractivity contribution < 1.29 is 0 Å². The van der Waals surface area contributed by atoms with Gasteiger partial charge in [0.25, 0.3) is 0 Å². The molecular formula is C39H34BN. The molecule has 0 bridgehead atoms. The van der Waals surface area contributed by atoms with Crippen LogP contribution in [0.4, 0.5) is 0 Å². The zero-order valence-corrected chi connectivity index (χ0v) is 23.8. The molecule has 1 aromatic heterocycles. The van der Waals surface area contributed by atoms with Gasteiger partial charge in [-0.1, -0.05) is 123 Å².